The van der Waals surface area contributed by atoms with Gasteiger partial charge >= 0.3 is 0 Å². The van der Waals surface area contributed by atoms with Gasteiger partial charge in [-0.15, -0.1) is 0 Å². The molecule has 0 unspecified atom stereocenters. The quantitative estimate of drug-likeness (QED) is 0.547. The molecule has 0 aromatic carbocycles. The van der Waals surface area contributed by atoms with Crippen molar-refractivity contribution in [3.05, 3.63) is 0 Å². The summed E-state index contributed by atoms with van der Waals surface area (Å²) in [5, 5.41) is 0. The average Bonchev–Trinajstić information content (AvgIpc) is 2.85. The minimum atomic E-state index is -0.173. The summed E-state index contributed by atoms with van der Waals surface area (Å²) in [6.45, 7) is 16.3. The maximum atomic E-state index is 12.7. The number of carbonyl (C=O) groups is 2. The molecule has 27 heavy (non-hydrogen) atoms. The van der Waals surface area contributed by atoms with Gasteiger partial charge in [0, 0.05) is 17.8 Å². The largest absolute Gasteiger partial charge is 0.300 e. The zero-order valence-electron chi connectivity index (χ0n) is 18.7. The van der Waals surface area contributed by atoms with Crippen LogP contribution in [0, 0.1) is 44.8 Å². The van der Waals surface area contributed by atoms with E-state index in [0.717, 1.165) is 19.3 Å². The summed E-state index contributed by atoms with van der Waals surface area (Å²) in [6, 6.07) is 0. The van der Waals surface area contributed by atoms with Gasteiger partial charge in [0.2, 0.25) is 0 Å². The predicted molar refractivity (Wildman–Crippen MR) is 109 cm³/mol. The number of fused-ring (bicyclic) bond motifs is 5. The zero-order valence-corrected chi connectivity index (χ0v) is 18.7. The molecule has 4 saturated carbocycles. The Morgan fingerprint density at radius 1 is 0.815 bits per heavy atom. The number of carbonyl (C=O) groups excluding carboxylic acids is 2. The van der Waals surface area contributed by atoms with Crippen LogP contribution >= 0.6 is 0 Å². The summed E-state index contributed by atoms with van der Waals surface area (Å²) in [5.41, 5.74) is 0.759. The molecule has 0 aliphatic heterocycles. The Bertz CT molecular complexity index is 692. The third-order valence-corrected chi connectivity index (χ3v) is 11.5. The fraction of sp³-hybridized carbons (Fsp3) is 0.920. The van der Waals surface area contributed by atoms with Crippen molar-refractivity contribution in [2.75, 3.05) is 0 Å². The molecule has 4 fully saturated rings. The van der Waals surface area contributed by atoms with Gasteiger partial charge in [-0.05, 0) is 85.4 Å². The Hall–Kier alpha value is -0.660. The Balaban J connectivity index is 1.78. The van der Waals surface area contributed by atoms with Crippen LogP contribution in [0.25, 0.3) is 0 Å². The van der Waals surface area contributed by atoms with E-state index in [1.807, 2.05) is 6.92 Å². The van der Waals surface area contributed by atoms with Crippen LogP contribution in [0.15, 0.2) is 0 Å². The number of Topliss-reactive ketones (excluding diaryl/α,β-unsaturated/α-hetero) is 2. The van der Waals surface area contributed by atoms with Crippen molar-refractivity contribution in [2.45, 2.75) is 99.8 Å². The molecule has 7 atom stereocenters. The fourth-order valence-corrected chi connectivity index (χ4v) is 9.57. The topological polar surface area (TPSA) is 34.1 Å². The average molecular weight is 373 g/mol. The van der Waals surface area contributed by atoms with Crippen LogP contribution in [0.2, 0.25) is 0 Å². The number of hydrogen-bond donors (Lipinski definition) is 0. The summed E-state index contributed by atoms with van der Waals surface area (Å²) in [4.78, 5) is 25.2. The number of rotatable bonds is 1. The molecule has 0 heterocycles. The lowest BCUT2D eigenvalue weighted by Gasteiger charge is -2.71. The third-order valence-electron chi connectivity index (χ3n) is 11.5. The van der Waals surface area contributed by atoms with E-state index in [1.54, 1.807) is 0 Å². The summed E-state index contributed by atoms with van der Waals surface area (Å²) in [5.74, 6) is 2.34. The predicted octanol–water partition coefficient (Wildman–Crippen LogP) is 6.22. The Morgan fingerprint density at radius 2 is 1.41 bits per heavy atom. The summed E-state index contributed by atoms with van der Waals surface area (Å²) < 4.78 is 0. The summed E-state index contributed by atoms with van der Waals surface area (Å²) in [6.07, 6.45) is 8.94. The first-order chi connectivity index (χ1) is 12.3. The molecule has 152 valence electrons. The smallest absolute Gasteiger partial charge is 0.138 e. The Morgan fingerprint density at radius 3 is 2.04 bits per heavy atom. The van der Waals surface area contributed by atoms with Gasteiger partial charge in [-0.2, -0.15) is 0 Å². The van der Waals surface area contributed by atoms with Gasteiger partial charge in [0.15, 0.2) is 0 Å². The molecule has 0 saturated heterocycles. The van der Waals surface area contributed by atoms with Crippen LogP contribution in [0.1, 0.15) is 99.8 Å². The summed E-state index contributed by atoms with van der Waals surface area (Å²) >= 11 is 0. The maximum absolute atomic E-state index is 12.7. The van der Waals surface area contributed by atoms with Crippen molar-refractivity contribution < 1.29 is 9.59 Å². The highest BCUT2D eigenvalue weighted by Crippen LogP contribution is 2.78. The highest BCUT2D eigenvalue weighted by atomic mass is 16.1. The van der Waals surface area contributed by atoms with E-state index in [9.17, 15) is 9.59 Å². The van der Waals surface area contributed by atoms with Crippen molar-refractivity contribution in [3.8, 4) is 0 Å². The Labute approximate surface area is 166 Å². The normalized spacial score (nSPS) is 54.0. The molecule has 0 aromatic rings. The van der Waals surface area contributed by atoms with Crippen LogP contribution in [0.3, 0.4) is 0 Å². The van der Waals surface area contributed by atoms with E-state index >= 15 is 0 Å². The highest BCUT2D eigenvalue weighted by molar-refractivity contribution is 5.85. The van der Waals surface area contributed by atoms with Gasteiger partial charge < -0.3 is 0 Å². The standard InChI is InChI=1S/C25H40O2/c1-16(26)17-8-15-25(7)23(17,5)13-10-19-22(4)12-11-20(27)21(2,3)18(22)9-14-24(19,25)6/h17-19H,8-15H2,1-7H3/t17-,18+,19-,22+,23-,24-,25-/m1/s1. The second-order valence-corrected chi connectivity index (χ2v) is 12.2. The molecule has 4 rings (SSSR count). The lowest BCUT2D eigenvalue weighted by atomic mass is 9.33. The first kappa shape index (κ1) is 19.6. The first-order valence-corrected chi connectivity index (χ1v) is 11.4. The third kappa shape index (κ3) is 2.09. The molecule has 0 N–H and O–H groups in total. The van der Waals surface area contributed by atoms with Crippen molar-refractivity contribution in [1.82, 2.24) is 0 Å². The van der Waals surface area contributed by atoms with E-state index in [2.05, 4.69) is 41.5 Å². The van der Waals surface area contributed by atoms with Crippen LogP contribution < -0.4 is 0 Å². The molecule has 0 radical (unpaired) electrons. The second kappa shape index (κ2) is 5.48. The molecule has 0 spiro atoms. The molecular weight excluding hydrogens is 332 g/mol. The van der Waals surface area contributed by atoms with Gasteiger partial charge in [-0.3, -0.25) is 9.59 Å². The molecule has 0 bridgehead atoms. The van der Waals surface area contributed by atoms with Crippen molar-refractivity contribution in [2.24, 2.45) is 44.8 Å². The molecule has 0 aromatic heterocycles. The fourth-order valence-electron chi connectivity index (χ4n) is 9.57. The lowest BCUT2D eigenvalue weighted by molar-refractivity contribution is -0.222. The second-order valence-electron chi connectivity index (χ2n) is 12.2. The van der Waals surface area contributed by atoms with Crippen LogP contribution in [0.4, 0.5) is 0 Å². The minimum absolute atomic E-state index is 0.146. The maximum Gasteiger partial charge on any atom is 0.138 e. The zero-order chi connectivity index (χ0) is 20.0. The SMILES string of the molecule is CC(=O)[C@H]1CC[C@]2(C)[C@]1(C)CC[C@@H]1[C@@]3(C)CCC(=O)C(C)(C)[C@@H]3CC[C@]12C. The molecule has 2 heteroatoms. The minimum Gasteiger partial charge on any atom is -0.300 e. The molecular formula is C25H40O2. The molecule has 0 amide bonds. The van der Waals surface area contributed by atoms with E-state index in [1.165, 1.54) is 32.1 Å². The Kier molecular flexibility index (Phi) is 3.99. The van der Waals surface area contributed by atoms with Crippen LogP contribution in [-0.2, 0) is 9.59 Å². The highest BCUT2D eigenvalue weighted by Gasteiger charge is 2.72. The van der Waals surface area contributed by atoms with E-state index in [0.29, 0.717) is 23.4 Å². The van der Waals surface area contributed by atoms with E-state index in [4.69, 9.17) is 0 Å². The van der Waals surface area contributed by atoms with Gasteiger partial charge in [0.1, 0.15) is 11.6 Å². The molecule has 4 aliphatic rings. The molecule has 2 nitrogen and oxygen atoms in total. The van der Waals surface area contributed by atoms with Crippen molar-refractivity contribution >= 4 is 11.6 Å². The summed E-state index contributed by atoms with van der Waals surface area (Å²) in [7, 11) is 0. The van der Waals surface area contributed by atoms with Crippen molar-refractivity contribution in [1.29, 1.82) is 0 Å². The van der Waals surface area contributed by atoms with Crippen LogP contribution in [-0.4, -0.2) is 11.6 Å². The molecule has 4 aliphatic carbocycles. The number of ketones is 2. The van der Waals surface area contributed by atoms with Gasteiger partial charge in [0.05, 0.1) is 0 Å². The lowest BCUT2D eigenvalue weighted by Crippen LogP contribution is -2.65. The first-order valence-electron chi connectivity index (χ1n) is 11.4. The van der Waals surface area contributed by atoms with E-state index < -0.39 is 0 Å². The van der Waals surface area contributed by atoms with Gasteiger partial charge in [0.25, 0.3) is 0 Å². The van der Waals surface area contributed by atoms with Gasteiger partial charge in [-0.1, -0.05) is 41.5 Å². The van der Waals surface area contributed by atoms with Crippen LogP contribution in [0.5, 0.6) is 0 Å². The number of hydrogen-bond acceptors (Lipinski definition) is 2. The van der Waals surface area contributed by atoms with E-state index in [-0.39, 0.29) is 33.0 Å². The monoisotopic (exact) mass is 372 g/mol. The van der Waals surface area contributed by atoms with Gasteiger partial charge in [-0.25, -0.2) is 0 Å². The van der Waals surface area contributed by atoms with Crippen molar-refractivity contribution in [3.63, 3.8) is 0 Å².